The van der Waals surface area contributed by atoms with Gasteiger partial charge in [0.05, 0.1) is 12.1 Å². The van der Waals surface area contributed by atoms with Gasteiger partial charge in [-0.25, -0.2) is 4.98 Å². The molecule has 0 aliphatic carbocycles. The van der Waals surface area contributed by atoms with Crippen LogP contribution in [-0.2, 0) is 13.0 Å². The number of hydrogen-bond acceptors (Lipinski definition) is 4. The maximum Gasteiger partial charge on any atom is 0.191 e. The van der Waals surface area contributed by atoms with Crippen molar-refractivity contribution >= 4 is 52.9 Å². The van der Waals surface area contributed by atoms with Crippen molar-refractivity contribution in [2.24, 2.45) is 4.99 Å². The van der Waals surface area contributed by atoms with E-state index in [1.807, 2.05) is 18.3 Å². The molecule has 0 aliphatic heterocycles. The smallest absolute Gasteiger partial charge is 0.191 e. The van der Waals surface area contributed by atoms with E-state index in [0.717, 1.165) is 35.2 Å². The van der Waals surface area contributed by atoms with Crippen molar-refractivity contribution in [1.82, 2.24) is 15.6 Å². The van der Waals surface area contributed by atoms with Gasteiger partial charge >= 0.3 is 0 Å². The molecule has 1 aromatic carbocycles. The molecule has 24 heavy (non-hydrogen) atoms. The Kier molecular flexibility index (Phi) is 9.38. The summed E-state index contributed by atoms with van der Waals surface area (Å²) in [6.45, 7) is 3.45. The summed E-state index contributed by atoms with van der Waals surface area (Å²) in [4.78, 5) is 9.81. The lowest BCUT2D eigenvalue weighted by Crippen LogP contribution is -2.37. The highest BCUT2D eigenvalue weighted by molar-refractivity contribution is 14.0. The van der Waals surface area contributed by atoms with Gasteiger partial charge in [-0.15, -0.1) is 35.3 Å². The van der Waals surface area contributed by atoms with Crippen LogP contribution in [0.1, 0.15) is 15.4 Å². The van der Waals surface area contributed by atoms with Gasteiger partial charge in [-0.3, -0.25) is 4.99 Å². The Morgan fingerprint density at radius 3 is 2.79 bits per heavy atom. The van der Waals surface area contributed by atoms with E-state index >= 15 is 0 Å². The fourth-order valence-corrected chi connectivity index (χ4v) is 3.02. The van der Waals surface area contributed by atoms with Crippen LogP contribution in [0.4, 0.5) is 0 Å². The monoisotopic (exact) mass is 480 g/mol. The topological polar surface area (TPSA) is 58.5 Å². The molecule has 0 fully saturated rings. The zero-order valence-corrected chi connectivity index (χ0v) is 17.8. The second-order valence-corrected chi connectivity index (χ2v) is 6.68. The molecule has 1 aromatic heterocycles. The van der Waals surface area contributed by atoms with Crippen molar-refractivity contribution < 1.29 is 4.74 Å². The van der Waals surface area contributed by atoms with Gasteiger partial charge in [0.1, 0.15) is 5.75 Å². The molecule has 2 aromatic rings. The summed E-state index contributed by atoms with van der Waals surface area (Å²) in [5.41, 5.74) is 1.02. The van der Waals surface area contributed by atoms with Gasteiger partial charge in [-0.05, 0) is 19.1 Å². The van der Waals surface area contributed by atoms with Gasteiger partial charge in [0, 0.05) is 48.2 Å². The highest BCUT2D eigenvalue weighted by atomic mass is 127. The molecule has 0 atom stereocenters. The average molecular weight is 481 g/mol. The number of ether oxygens (including phenoxy) is 1. The van der Waals surface area contributed by atoms with Crippen molar-refractivity contribution in [3.8, 4) is 5.75 Å². The molecular formula is C16H22ClIN4OS. The number of halogens is 2. The van der Waals surface area contributed by atoms with E-state index < -0.39 is 0 Å². The summed E-state index contributed by atoms with van der Waals surface area (Å²) >= 11 is 7.70. The lowest BCUT2D eigenvalue weighted by atomic mass is 10.2. The maximum absolute atomic E-state index is 5.97. The Labute approximate surface area is 168 Å². The van der Waals surface area contributed by atoms with Crippen molar-refractivity contribution in [2.75, 3.05) is 20.7 Å². The van der Waals surface area contributed by atoms with E-state index in [0.29, 0.717) is 11.6 Å². The summed E-state index contributed by atoms with van der Waals surface area (Å²) in [6, 6.07) is 5.60. The Hall–Kier alpha value is -1.06. The van der Waals surface area contributed by atoms with Crippen LogP contribution in [-0.4, -0.2) is 31.6 Å². The molecule has 0 aliphatic rings. The standard InChI is InChI=1S/C16H21ClN4OS.HI/c1-11-9-20-15(23-11)6-7-19-16(18-2)21-10-12-4-5-13(17)8-14(12)22-3;/h4-5,8-9H,6-7,10H2,1-3H3,(H2,18,19,21);1H. The van der Waals surface area contributed by atoms with E-state index in [4.69, 9.17) is 16.3 Å². The summed E-state index contributed by atoms with van der Waals surface area (Å²) in [5.74, 6) is 1.51. The minimum Gasteiger partial charge on any atom is -0.496 e. The zero-order valence-electron chi connectivity index (χ0n) is 13.9. The number of methoxy groups -OCH3 is 1. The van der Waals surface area contributed by atoms with Crippen LogP contribution in [0.2, 0.25) is 5.02 Å². The minimum absolute atomic E-state index is 0. The predicted octanol–water partition coefficient (Wildman–Crippen LogP) is 3.64. The van der Waals surface area contributed by atoms with Gasteiger partial charge in [-0.1, -0.05) is 17.7 Å². The highest BCUT2D eigenvalue weighted by Crippen LogP contribution is 2.22. The second kappa shape index (κ2) is 10.7. The summed E-state index contributed by atoms with van der Waals surface area (Å²) < 4.78 is 5.34. The molecule has 0 spiro atoms. The zero-order chi connectivity index (χ0) is 16.7. The van der Waals surface area contributed by atoms with E-state index in [1.54, 1.807) is 31.6 Å². The first-order valence-corrected chi connectivity index (χ1v) is 8.50. The molecule has 0 unspecified atom stereocenters. The highest BCUT2D eigenvalue weighted by Gasteiger charge is 2.05. The predicted molar refractivity (Wildman–Crippen MR) is 112 cm³/mol. The van der Waals surface area contributed by atoms with E-state index in [1.165, 1.54) is 4.88 Å². The van der Waals surface area contributed by atoms with Crippen LogP contribution in [0.3, 0.4) is 0 Å². The number of rotatable bonds is 6. The van der Waals surface area contributed by atoms with Crippen LogP contribution >= 0.6 is 46.9 Å². The molecule has 132 valence electrons. The Bertz CT molecular complexity index is 678. The number of aliphatic imine (C=N–C) groups is 1. The normalized spacial score (nSPS) is 10.9. The van der Waals surface area contributed by atoms with Crippen LogP contribution < -0.4 is 15.4 Å². The Morgan fingerprint density at radius 2 is 2.17 bits per heavy atom. The molecule has 0 radical (unpaired) electrons. The number of nitrogens with zero attached hydrogens (tertiary/aromatic N) is 2. The molecule has 0 saturated carbocycles. The quantitative estimate of drug-likeness (QED) is 0.377. The number of aromatic nitrogens is 1. The first kappa shape index (κ1) is 21.0. The lowest BCUT2D eigenvalue weighted by Gasteiger charge is -2.13. The number of aryl methyl sites for hydroxylation is 1. The van der Waals surface area contributed by atoms with Gasteiger partial charge in [0.2, 0.25) is 0 Å². The molecule has 0 saturated heterocycles. The third-order valence-corrected chi connectivity index (χ3v) is 4.43. The van der Waals surface area contributed by atoms with E-state index in [9.17, 15) is 0 Å². The molecule has 0 bridgehead atoms. The fourth-order valence-electron chi connectivity index (χ4n) is 2.07. The van der Waals surface area contributed by atoms with Crippen molar-refractivity contribution in [2.45, 2.75) is 19.9 Å². The molecule has 2 rings (SSSR count). The van der Waals surface area contributed by atoms with Crippen LogP contribution in [0, 0.1) is 6.92 Å². The van der Waals surface area contributed by atoms with Crippen LogP contribution in [0.15, 0.2) is 29.4 Å². The summed E-state index contributed by atoms with van der Waals surface area (Å²) in [6.07, 6.45) is 2.78. The Morgan fingerprint density at radius 1 is 1.38 bits per heavy atom. The Balaban J connectivity index is 0.00000288. The number of thiazole rings is 1. The first-order valence-electron chi connectivity index (χ1n) is 7.30. The van der Waals surface area contributed by atoms with Crippen molar-refractivity contribution in [1.29, 1.82) is 0 Å². The maximum atomic E-state index is 5.97. The number of benzene rings is 1. The van der Waals surface area contributed by atoms with Gasteiger partial charge in [-0.2, -0.15) is 0 Å². The third kappa shape index (κ3) is 6.45. The molecular weight excluding hydrogens is 459 g/mol. The second-order valence-electron chi connectivity index (χ2n) is 4.92. The van der Waals surface area contributed by atoms with Crippen LogP contribution in [0.25, 0.3) is 0 Å². The molecule has 0 amide bonds. The third-order valence-electron chi connectivity index (χ3n) is 3.22. The van der Waals surface area contributed by atoms with Gasteiger partial charge in [0.15, 0.2) is 5.96 Å². The molecule has 1 heterocycles. The van der Waals surface area contributed by atoms with Crippen molar-refractivity contribution in [3.63, 3.8) is 0 Å². The van der Waals surface area contributed by atoms with Crippen LogP contribution in [0.5, 0.6) is 5.75 Å². The number of nitrogens with one attached hydrogen (secondary N) is 2. The lowest BCUT2D eigenvalue weighted by molar-refractivity contribution is 0.409. The van der Waals surface area contributed by atoms with E-state index in [-0.39, 0.29) is 24.0 Å². The number of guanidine groups is 1. The average Bonchev–Trinajstić information content (AvgIpc) is 2.96. The summed E-state index contributed by atoms with van der Waals surface area (Å²) in [7, 11) is 3.39. The van der Waals surface area contributed by atoms with Crippen molar-refractivity contribution in [3.05, 3.63) is 44.9 Å². The molecule has 8 heteroatoms. The number of hydrogen-bond donors (Lipinski definition) is 2. The fraction of sp³-hybridized carbons (Fsp3) is 0.375. The molecule has 2 N–H and O–H groups in total. The van der Waals surface area contributed by atoms with Gasteiger partial charge < -0.3 is 15.4 Å². The largest absolute Gasteiger partial charge is 0.496 e. The van der Waals surface area contributed by atoms with E-state index in [2.05, 4.69) is 27.5 Å². The minimum atomic E-state index is 0. The summed E-state index contributed by atoms with van der Waals surface area (Å²) in [5, 5.41) is 8.34. The molecule has 5 nitrogen and oxygen atoms in total. The first-order chi connectivity index (χ1) is 11.1. The SMILES string of the molecule is CN=C(NCCc1ncc(C)s1)NCc1ccc(Cl)cc1OC.I. The van der Waals surface area contributed by atoms with Gasteiger partial charge in [0.25, 0.3) is 0 Å².